The molecule has 1 aromatic heterocycles. The molecule has 2 aromatic rings. The highest BCUT2D eigenvalue weighted by atomic mass is 127. The highest BCUT2D eigenvalue weighted by Crippen LogP contribution is 2.25. The molecule has 0 radical (unpaired) electrons. The van der Waals surface area contributed by atoms with Crippen LogP contribution in [0.25, 0.3) is 11.4 Å². The zero-order valence-corrected chi connectivity index (χ0v) is 15.6. The second-order valence-corrected chi connectivity index (χ2v) is 7.08. The molecule has 1 aromatic carbocycles. The van der Waals surface area contributed by atoms with Crippen molar-refractivity contribution >= 4 is 34.2 Å². The fraction of sp³-hybridized carbons (Fsp3) is 0.412. The van der Waals surface area contributed by atoms with Gasteiger partial charge in [0.1, 0.15) is 5.15 Å². The minimum Gasteiger partial charge on any atom is -0.232 e. The number of rotatable bonds is 5. The quantitative estimate of drug-likeness (QED) is 0.473. The SMILES string of the molecule is CCCc1nc(-c2ccc(CC(C)C)cc2)nc(Cl)c1I. The largest absolute Gasteiger partial charge is 0.232 e. The minimum atomic E-state index is 0.551. The summed E-state index contributed by atoms with van der Waals surface area (Å²) in [6, 6.07) is 8.49. The number of aromatic nitrogens is 2. The van der Waals surface area contributed by atoms with Crippen LogP contribution < -0.4 is 0 Å². The third-order valence-corrected chi connectivity index (χ3v) is 4.95. The number of hydrogen-bond acceptors (Lipinski definition) is 2. The average Bonchev–Trinajstić information content (AvgIpc) is 2.44. The first kappa shape index (κ1) is 16.7. The zero-order valence-electron chi connectivity index (χ0n) is 12.7. The van der Waals surface area contributed by atoms with E-state index in [2.05, 4.69) is 77.6 Å². The van der Waals surface area contributed by atoms with Crippen molar-refractivity contribution in [2.75, 3.05) is 0 Å². The predicted octanol–water partition coefficient (Wildman–Crippen LogP) is 5.55. The summed E-state index contributed by atoms with van der Waals surface area (Å²) < 4.78 is 0.969. The number of nitrogens with zero attached hydrogens (tertiary/aromatic N) is 2. The molecule has 2 nitrogen and oxygen atoms in total. The summed E-state index contributed by atoms with van der Waals surface area (Å²) in [5.41, 5.74) is 3.41. The predicted molar refractivity (Wildman–Crippen MR) is 97.7 cm³/mol. The summed E-state index contributed by atoms with van der Waals surface area (Å²) in [5, 5.41) is 0.551. The first-order chi connectivity index (χ1) is 10.0. The molecule has 0 bridgehead atoms. The van der Waals surface area contributed by atoms with Crippen molar-refractivity contribution in [2.24, 2.45) is 5.92 Å². The number of aryl methyl sites for hydroxylation is 1. The maximum Gasteiger partial charge on any atom is 0.161 e. The van der Waals surface area contributed by atoms with E-state index in [-0.39, 0.29) is 0 Å². The fourth-order valence-corrected chi connectivity index (χ4v) is 2.96. The van der Waals surface area contributed by atoms with Gasteiger partial charge < -0.3 is 0 Å². The van der Waals surface area contributed by atoms with Gasteiger partial charge in [-0.15, -0.1) is 0 Å². The molecular weight excluding hydrogens is 395 g/mol. The van der Waals surface area contributed by atoms with Crippen molar-refractivity contribution in [3.63, 3.8) is 0 Å². The molecule has 4 heteroatoms. The van der Waals surface area contributed by atoms with E-state index in [1.54, 1.807) is 0 Å². The fourth-order valence-electron chi connectivity index (χ4n) is 2.26. The van der Waals surface area contributed by atoms with Crippen molar-refractivity contribution in [3.8, 4) is 11.4 Å². The van der Waals surface area contributed by atoms with Crippen molar-refractivity contribution in [1.29, 1.82) is 0 Å². The van der Waals surface area contributed by atoms with E-state index in [0.29, 0.717) is 11.1 Å². The van der Waals surface area contributed by atoms with Gasteiger partial charge in [0.25, 0.3) is 0 Å². The summed E-state index contributed by atoms with van der Waals surface area (Å²) in [4.78, 5) is 9.10. The van der Waals surface area contributed by atoms with E-state index in [4.69, 9.17) is 11.6 Å². The second-order valence-electron chi connectivity index (χ2n) is 5.64. The normalized spacial score (nSPS) is 11.1. The van der Waals surface area contributed by atoms with Crippen molar-refractivity contribution in [2.45, 2.75) is 40.0 Å². The average molecular weight is 415 g/mol. The highest BCUT2D eigenvalue weighted by molar-refractivity contribution is 14.1. The van der Waals surface area contributed by atoms with Crippen LogP contribution >= 0.6 is 34.2 Å². The van der Waals surface area contributed by atoms with Crippen LogP contribution in [0.1, 0.15) is 38.4 Å². The van der Waals surface area contributed by atoms with Gasteiger partial charge in [0, 0.05) is 5.56 Å². The van der Waals surface area contributed by atoms with Gasteiger partial charge in [0.05, 0.1) is 9.26 Å². The van der Waals surface area contributed by atoms with Crippen molar-refractivity contribution < 1.29 is 0 Å². The van der Waals surface area contributed by atoms with Gasteiger partial charge in [0.2, 0.25) is 0 Å². The van der Waals surface area contributed by atoms with Crippen molar-refractivity contribution in [1.82, 2.24) is 9.97 Å². The second kappa shape index (κ2) is 7.54. The Kier molecular flexibility index (Phi) is 5.99. The molecule has 0 fully saturated rings. The molecule has 0 saturated heterocycles. The molecule has 0 saturated carbocycles. The molecule has 1 heterocycles. The number of benzene rings is 1. The standard InChI is InChI=1S/C17H20ClIN2/c1-4-5-14-15(19)16(18)21-17(20-14)13-8-6-12(7-9-13)10-11(2)3/h6-9,11H,4-5,10H2,1-3H3. The lowest BCUT2D eigenvalue weighted by Gasteiger charge is -2.09. The van der Waals surface area contributed by atoms with Gasteiger partial charge in [-0.3, -0.25) is 0 Å². The highest BCUT2D eigenvalue weighted by Gasteiger charge is 2.11. The number of halogens is 2. The molecule has 0 spiro atoms. The summed E-state index contributed by atoms with van der Waals surface area (Å²) >= 11 is 8.47. The molecule has 112 valence electrons. The smallest absolute Gasteiger partial charge is 0.161 e. The minimum absolute atomic E-state index is 0.551. The Balaban J connectivity index is 2.33. The lowest BCUT2D eigenvalue weighted by molar-refractivity contribution is 0.647. The monoisotopic (exact) mass is 414 g/mol. The van der Waals surface area contributed by atoms with Gasteiger partial charge in [-0.05, 0) is 46.9 Å². The maximum absolute atomic E-state index is 6.25. The van der Waals surface area contributed by atoms with E-state index >= 15 is 0 Å². The van der Waals surface area contributed by atoms with Crippen LogP contribution in [0.15, 0.2) is 24.3 Å². The Labute approximate surface area is 145 Å². The first-order valence-electron chi connectivity index (χ1n) is 7.32. The van der Waals surface area contributed by atoms with Gasteiger partial charge in [-0.25, -0.2) is 9.97 Å². The van der Waals surface area contributed by atoms with Crippen LogP contribution in [0.5, 0.6) is 0 Å². The van der Waals surface area contributed by atoms with Crippen LogP contribution in [0.3, 0.4) is 0 Å². The van der Waals surface area contributed by atoms with Gasteiger partial charge in [0.15, 0.2) is 5.82 Å². The van der Waals surface area contributed by atoms with Crippen LogP contribution in [0.2, 0.25) is 5.15 Å². The molecule has 0 unspecified atom stereocenters. The molecule has 0 amide bonds. The van der Waals surface area contributed by atoms with Crippen LogP contribution in [0.4, 0.5) is 0 Å². The summed E-state index contributed by atoms with van der Waals surface area (Å²) in [5.74, 6) is 1.39. The molecule has 0 aliphatic carbocycles. The molecule has 0 atom stereocenters. The maximum atomic E-state index is 6.25. The Bertz CT molecular complexity index is 609. The molecule has 2 rings (SSSR count). The lowest BCUT2D eigenvalue weighted by atomic mass is 10.0. The Hall–Kier alpha value is -0.680. The van der Waals surface area contributed by atoms with Crippen LogP contribution in [0, 0.1) is 9.49 Å². The van der Waals surface area contributed by atoms with E-state index in [9.17, 15) is 0 Å². The Morgan fingerprint density at radius 3 is 2.38 bits per heavy atom. The first-order valence-corrected chi connectivity index (χ1v) is 8.78. The van der Waals surface area contributed by atoms with E-state index in [1.165, 1.54) is 5.56 Å². The third-order valence-electron chi connectivity index (χ3n) is 3.22. The third kappa shape index (κ3) is 4.39. The van der Waals surface area contributed by atoms with Gasteiger partial charge in [-0.1, -0.05) is 63.1 Å². The Morgan fingerprint density at radius 1 is 1.14 bits per heavy atom. The van der Waals surface area contributed by atoms with Gasteiger partial charge >= 0.3 is 0 Å². The summed E-state index contributed by atoms with van der Waals surface area (Å²) in [7, 11) is 0. The van der Waals surface area contributed by atoms with E-state index in [0.717, 1.165) is 39.9 Å². The Morgan fingerprint density at radius 2 is 1.81 bits per heavy atom. The van der Waals surface area contributed by atoms with E-state index < -0.39 is 0 Å². The topological polar surface area (TPSA) is 25.8 Å². The van der Waals surface area contributed by atoms with Crippen molar-refractivity contribution in [3.05, 3.63) is 44.2 Å². The van der Waals surface area contributed by atoms with Crippen LogP contribution in [-0.2, 0) is 12.8 Å². The van der Waals surface area contributed by atoms with Gasteiger partial charge in [-0.2, -0.15) is 0 Å². The van der Waals surface area contributed by atoms with Crippen LogP contribution in [-0.4, -0.2) is 9.97 Å². The molecule has 0 aliphatic heterocycles. The molecule has 21 heavy (non-hydrogen) atoms. The summed E-state index contributed by atoms with van der Waals surface area (Å²) in [6.07, 6.45) is 3.07. The zero-order chi connectivity index (χ0) is 15.4. The summed E-state index contributed by atoms with van der Waals surface area (Å²) in [6.45, 7) is 6.60. The number of hydrogen-bond donors (Lipinski definition) is 0. The molecular formula is C17H20ClIN2. The molecule has 0 N–H and O–H groups in total. The molecule has 0 aliphatic rings. The lowest BCUT2D eigenvalue weighted by Crippen LogP contribution is -2.01. The van der Waals surface area contributed by atoms with E-state index in [1.807, 2.05) is 0 Å².